The van der Waals surface area contributed by atoms with Gasteiger partial charge in [-0.2, -0.15) is 5.26 Å². The number of H-pyrrole nitrogens is 1. The number of nitrogens with two attached hydrogens (primary N) is 1. The maximum atomic E-state index is 8.64. The molecule has 4 nitrogen and oxygen atoms in total. The van der Waals surface area contributed by atoms with Crippen molar-refractivity contribution in [3.8, 4) is 6.07 Å². The number of aromatic nitrogens is 1. The molecule has 4 N–H and O–H groups in total. The van der Waals surface area contributed by atoms with Gasteiger partial charge in [0.1, 0.15) is 6.07 Å². The SMILES string of the molecule is N#Cc1c[nH]cc1[C@@H](N)CCO. The van der Waals surface area contributed by atoms with E-state index in [2.05, 4.69) is 4.98 Å². The van der Waals surface area contributed by atoms with Crippen molar-refractivity contribution >= 4 is 0 Å². The number of aromatic amines is 1. The second-order valence-corrected chi connectivity index (χ2v) is 2.55. The molecule has 1 aromatic rings. The summed E-state index contributed by atoms with van der Waals surface area (Å²) in [5.41, 5.74) is 7.02. The smallest absolute Gasteiger partial charge is 0.101 e. The first kappa shape index (κ1) is 8.78. The summed E-state index contributed by atoms with van der Waals surface area (Å²) >= 11 is 0. The standard InChI is InChI=1S/C8H11N3O/c9-3-6-4-11-5-7(6)8(10)1-2-12/h4-5,8,11-12H,1-2,10H2/t8-/m0/s1. The van der Waals surface area contributed by atoms with Gasteiger partial charge in [0.05, 0.1) is 5.56 Å². The first-order valence-electron chi connectivity index (χ1n) is 3.72. The Morgan fingerprint density at radius 2 is 2.42 bits per heavy atom. The molecule has 1 aromatic heterocycles. The number of nitrogens with zero attached hydrogens (tertiary/aromatic N) is 1. The second-order valence-electron chi connectivity index (χ2n) is 2.55. The van der Waals surface area contributed by atoms with E-state index in [0.29, 0.717) is 12.0 Å². The van der Waals surface area contributed by atoms with Crippen LogP contribution in [0.25, 0.3) is 0 Å². The number of aliphatic hydroxyl groups is 1. The molecule has 12 heavy (non-hydrogen) atoms. The number of hydrogen-bond acceptors (Lipinski definition) is 3. The number of rotatable bonds is 3. The normalized spacial score (nSPS) is 12.4. The molecule has 0 amide bonds. The van der Waals surface area contributed by atoms with Crippen LogP contribution in [0.5, 0.6) is 0 Å². The van der Waals surface area contributed by atoms with Crippen LogP contribution in [0, 0.1) is 11.3 Å². The number of aliphatic hydroxyl groups excluding tert-OH is 1. The Morgan fingerprint density at radius 3 is 3.00 bits per heavy atom. The lowest BCUT2D eigenvalue weighted by atomic mass is 10.1. The molecule has 0 bridgehead atoms. The lowest BCUT2D eigenvalue weighted by Gasteiger charge is -2.07. The van der Waals surface area contributed by atoms with E-state index in [0.717, 1.165) is 5.56 Å². The molecule has 0 aliphatic heterocycles. The monoisotopic (exact) mass is 165 g/mol. The van der Waals surface area contributed by atoms with Gasteiger partial charge in [-0.05, 0) is 6.42 Å². The molecule has 1 atom stereocenters. The van der Waals surface area contributed by atoms with Crippen LogP contribution < -0.4 is 5.73 Å². The van der Waals surface area contributed by atoms with Crippen LogP contribution in [0.4, 0.5) is 0 Å². The van der Waals surface area contributed by atoms with Gasteiger partial charge < -0.3 is 15.8 Å². The highest BCUT2D eigenvalue weighted by atomic mass is 16.3. The molecule has 0 unspecified atom stereocenters. The Hall–Kier alpha value is -1.31. The topological polar surface area (TPSA) is 85.8 Å². The quantitative estimate of drug-likeness (QED) is 0.600. The van der Waals surface area contributed by atoms with Crippen molar-refractivity contribution in [2.24, 2.45) is 5.73 Å². The van der Waals surface area contributed by atoms with Gasteiger partial charge in [-0.3, -0.25) is 0 Å². The third-order valence-corrected chi connectivity index (χ3v) is 1.74. The average molecular weight is 165 g/mol. The first-order valence-corrected chi connectivity index (χ1v) is 3.72. The maximum absolute atomic E-state index is 8.64. The summed E-state index contributed by atoms with van der Waals surface area (Å²) in [5, 5.41) is 17.3. The highest BCUT2D eigenvalue weighted by molar-refractivity contribution is 5.36. The van der Waals surface area contributed by atoms with E-state index in [1.165, 1.54) is 0 Å². The molecule has 0 saturated carbocycles. The minimum Gasteiger partial charge on any atom is -0.396 e. The average Bonchev–Trinajstić information content (AvgIpc) is 2.51. The highest BCUT2D eigenvalue weighted by Gasteiger charge is 2.10. The molecule has 0 spiro atoms. The fraction of sp³-hybridized carbons (Fsp3) is 0.375. The Kier molecular flexibility index (Phi) is 2.86. The summed E-state index contributed by atoms with van der Waals surface area (Å²) in [6, 6.07) is 1.77. The van der Waals surface area contributed by atoms with Gasteiger partial charge in [0, 0.05) is 30.6 Å². The fourth-order valence-electron chi connectivity index (χ4n) is 1.07. The minimum absolute atomic E-state index is 0.0389. The summed E-state index contributed by atoms with van der Waals surface area (Å²) < 4.78 is 0. The lowest BCUT2D eigenvalue weighted by molar-refractivity contribution is 0.276. The summed E-state index contributed by atoms with van der Waals surface area (Å²) in [6.07, 6.45) is 3.78. The first-order chi connectivity index (χ1) is 5.79. The third-order valence-electron chi connectivity index (χ3n) is 1.74. The largest absolute Gasteiger partial charge is 0.396 e. The van der Waals surface area contributed by atoms with Gasteiger partial charge in [0.25, 0.3) is 0 Å². The van der Waals surface area contributed by atoms with Gasteiger partial charge in [-0.25, -0.2) is 0 Å². The molecular formula is C8H11N3O. The molecular weight excluding hydrogens is 154 g/mol. The van der Waals surface area contributed by atoms with E-state index >= 15 is 0 Å². The van der Waals surface area contributed by atoms with Crippen LogP contribution >= 0.6 is 0 Å². The van der Waals surface area contributed by atoms with Crippen molar-refractivity contribution < 1.29 is 5.11 Å². The van der Waals surface area contributed by atoms with E-state index in [1.807, 2.05) is 6.07 Å². The second kappa shape index (κ2) is 3.90. The summed E-state index contributed by atoms with van der Waals surface area (Å²) in [7, 11) is 0. The van der Waals surface area contributed by atoms with Crippen LogP contribution in [0.1, 0.15) is 23.6 Å². The predicted molar refractivity (Wildman–Crippen MR) is 44.1 cm³/mol. The van der Waals surface area contributed by atoms with Crippen molar-refractivity contribution in [2.45, 2.75) is 12.5 Å². The zero-order valence-corrected chi connectivity index (χ0v) is 6.62. The van der Waals surface area contributed by atoms with E-state index in [4.69, 9.17) is 16.1 Å². The van der Waals surface area contributed by atoms with Crippen molar-refractivity contribution in [3.05, 3.63) is 23.5 Å². The molecule has 0 aliphatic rings. The van der Waals surface area contributed by atoms with Gasteiger partial charge >= 0.3 is 0 Å². The number of nitrogens with one attached hydrogen (secondary N) is 1. The van der Waals surface area contributed by atoms with Crippen LogP contribution in [-0.4, -0.2) is 16.7 Å². The maximum Gasteiger partial charge on any atom is 0.101 e. The van der Waals surface area contributed by atoms with Crippen LogP contribution in [0.3, 0.4) is 0 Å². The molecule has 0 saturated heterocycles. The summed E-state index contributed by atoms with van der Waals surface area (Å²) in [5.74, 6) is 0. The van der Waals surface area contributed by atoms with Crippen molar-refractivity contribution in [3.63, 3.8) is 0 Å². The Balaban J connectivity index is 2.80. The lowest BCUT2D eigenvalue weighted by Crippen LogP contribution is -2.12. The van der Waals surface area contributed by atoms with E-state index in [-0.39, 0.29) is 12.6 Å². The third kappa shape index (κ3) is 1.64. The van der Waals surface area contributed by atoms with Gasteiger partial charge in [-0.15, -0.1) is 0 Å². The van der Waals surface area contributed by atoms with Crippen LogP contribution in [0.15, 0.2) is 12.4 Å². The Labute approximate surface area is 70.6 Å². The molecule has 64 valence electrons. The van der Waals surface area contributed by atoms with E-state index in [9.17, 15) is 0 Å². The predicted octanol–water partition coefficient (Wildman–Crippen LogP) is 0.269. The molecule has 0 fully saturated rings. The Bertz CT molecular complexity index is 287. The van der Waals surface area contributed by atoms with Crippen LogP contribution in [-0.2, 0) is 0 Å². The summed E-state index contributed by atoms with van der Waals surface area (Å²) in [6.45, 7) is 0.0389. The molecule has 1 rings (SSSR count). The number of hydrogen-bond donors (Lipinski definition) is 3. The molecule has 0 aromatic carbocycles. The van der Waals surface area contributed by atoms with Gasteiger partial charge in [-0.1, -0.05) is 0 Å². The Morgan fingerprint density at radius 1 is 1.67 bits per heavy atom. The fourth-order valence-corrected chi connectivity index (χ4v) is 1.07. The molecule has 0 radical (unpaired) electrons. The zero-order chi connectivity index (χ0) is 8.97. The van der Waals surface area contributed by atoms with Gasteiger partial charge in [0.15, 0.2) is 0 Å². The number of nitriles is 1. The van der Waals surface area contributed by atoms with Crippen molar-refractivity contribution in [2.75, 3.05) is 6.61 Å². The van der Waals surface area contributed by atoms with Crippen molar-refractivity contribution in [1.82, 2.24) is 4.98 Å². The van der Waals surface area contributed by atoms with Crippen molar-refractivity contribution in [1.29, 1.82) is 5.26 Å². The summed E-state index contributed by atoms with van der Waals surface area (Å²) in [4.78, 5) is 2.80. The van der Waals surface area contributed by atoms with Gasteiger partial charge in [0.2, 0.25) is 0 Å². The zero-order valence-electron chi connectivity index (χ0n) is 6.62. The molecule has 1 heterocycles. The molecule has 0 aliphatic carbocycles. The van der Waals surface area contributed by atoms with Crippen LogP contribution in [0.2, 0.25) is 0 Å². The minimum atomic E-state index is -0.254. The molecule has 4 heteroatoms. The van der Waals surface area contributed by atoms with E-state index in [1.54, 1.807) is 12.4 Å². The highest BCUT2D eigenvalue weighted by Crippen LogP contribution is 2.16. The van der Waals surface area contributed by atoms with E-state index < -0.39 is 0 Å².